The van der Waals surface area contributed by atoms with E-state index < -0.39 is 0 Å². The number of para-hydroxylation sites is 1. The number of nitrogen functional groups attached to an aromatic ring is 1. The average Bonchev–Trinajstić information content (AvgIpc) is 2.48. The van der Waals surface area contributed by atoms with Crippen LogP contribution in [0.4, 0.5) is 0 Å². The molecule has 0 heterocycles. The smallest absolute Gasteiger partial charge is 0.138 e. The Morgan fingerprint density at radius 1 is 1.10 bits per heavy atom. The van der Waals surface area contributed by atoms with E-state index in [1.54, 1.807) is 6.07 Å². The molecule has 0 amide bonds. The maximum absolute atomic E-state index is 7.58. The predicted octanol–water partition coefficient (Wildman–Crippen LogP) is 4.45. The molecule has 2 rings (SSSR count). The summed E-state index contributed by atoms with van der Waals surface area (Å²) in [6.07, 6.45) is 1.08. The molecule has 0 saturated heterocycles. The molecule has 0 spiro atoms. The molecule has 110 valence electrons. The first-order valence-electron chi connectivity index (χ1n) is 7.16. The molecule has 3 N–H and O–H groups in total. The molecule has 0 radical (unpaired) electrons. The lowest BCUT2D eigenvalue weighted by Gasteiger charge is -2.23. The topological polar surface area (TPSA) is 59.1 Å². The van der Waals surface area contributed by atoms with Crippen LogP contribution in [0.5, 0.6) is 11.5 Å². The molecule has 3 heteroatoms. The monoisotopic (exact) mass is 282 g/mol. The summed E-state index contributed by atoms with van der Waals surface area (Å²) in [7, 11) is 0. The van der Waals surface area contributed by atoms with Gasteiger partial charge < -0.3 is 10.5 Å². The standard InChI is InChI=1S/C18H22N2O/c1-4-18(2,3)13-9-11-14(12-10-13)21-16-8-6-5-7-15(16)17(19)20/h5-12H,4H2,1-3H3,(H3,19,20). The lowest BCUT2D eigenvalue weighted by molar-refractivity contribution is 0.477. The van der Waals surface area contributed by atoms with Gasteiger partial charge in [-0.25, -0.2) is 0 Å². The highest BCUT2D eigenvalue weighted by atomic mass is 16.5. The number of hydrogen-bond donors (Lipinski definition) is 2. The zero-order valence-corrected chi connectivity index (χ0v) is 12.8. The van der Waals surface area contributed by atoms with E-state index in [2.05, 4.69) is 32.9 Å². The molecule has 2 aromatic rings. The molecule has 0 aliphatic rings. The molecule has 3 nitrogen and oxygen atoms in total. The van der Waals surface area contributed by atoms with Gasteiger partial charge in [0.25, 0.3) is 0 Å². The maximum atomic E-state index is 7.58. The minimum absolute atomic E-state index is 0.00864. The summed E-state index contributed by atoms with van der Waals surface area (Å²) in [5.41, 5.74) is 7.63. The summed E-state index contributed by atoms with van der Waals surface area (Å²) in [6, 6.07) is 15.4. The van der Waals surface area contributed by atoms with Crippen LogP contribution in [0.25, 0.3) is 0 Å². The number of rotatable bonds is 5. The normalized spacial score (nSPS) is 11.2. The highest BCUT2D eigenvalue weighted by Gasteiger charge is 2.17. The molecule has 2 aromatic carbocycles. The Kier molecular flexibility index (Phi) is 4.32. The molecular formula is C18H22N2O. The lowest BCUT2D eigenvalue weighted by atomic mass is 9.82. The Balaban J connectivity index is 2.24. The average molecular weight is 282 g/mol. The first-order chi connectivity index (χ1) is 9.94. The van der Waals surface area contributed by atoms with Gasteiger partial charge in [-0.15, -0.1) is 0 Å². The van der Waals surface area contributed by atoms with Gasteiger partial charge in [-0.05, 0) is 41.7 Å². The number of amidine groups is 1. The van der Waals surface area contributed by atoms with Crippen molar-refractivity contribution in [2.45, 2.75) is 32.6 Å². The number of nitrogens with two attached hydrogens (primary N) is 1. The van der Waals surface area contributed by atoms with Gasteiger partial charge in [0, 0.05) is 0 Å². The van der Waals surface area contributed by atoms with Gasteiger partial charge in [0.2, 0.25) is 0 Å². The predicted molar refractivity (Wildman–Crippen MR) is 87.3 cm³/mol. The van der Waals surface area contributed by atoms with Crippen molar-refractivity contribution in [3.63, 3.8) is 0 Å². The molecular weight excluding hydrogens is 260 g/mol. The lowest BCUT2D eigenvalue weighted by Crippen LogP contribution is -2.15. The number of hydrogen-bond acceptors (Lipinski definition) is 2. The van der Waals surface area contributed by atoms with Crippen LogP contribution in [0.2, 0.25) is 0 Å². The van der Waals surface area contributed by atoms with Crippen molar-refractivity contribution in [3.8, 4) is 11.5 Å². The molecule has 0 aromatic heterocycles. The summed E-state index contributed by atoms with van der Waals surface area (Å²) in [6.45, 7) is 6.65. The van der Waals surface area contributed by atoms with Gasteiger partial charge in [0.1, 0.15) is 17.3 Å². The van der Waals surface area contributed by atoms with Crippen molar-refractivity contribution in [3.05, 3.63) is 59.7 Å². The van der Waals surface area contributed by atoms with Crippen LogP contribution < -0.4 is 10.5 Å². The van der Waals surface area contributed by atoms with Crippen LogP contribution in [0.15, 0.2) is 48.5 Å². The van der Waals surface area contributed by atoms with E-state index >= 15 is 0 Å². The van der Waals surface area contributed by atoms with Gasteiger partial charge in [-0.3, -0.25) is 5.41 Å². The highest BCUT2D eigenvalue weighted by Crippen LogP contribution is 2.30. The summed E-state index contributed by atoms with van der Waals surface area (Å²) < 4.78 is 5.85. The Morgan fingerprint density at radius 2 is 1.71 bits per heavy atom. The third kappa shape index (κ3) is 3.43. The van der Waals surface area contributed by atoms with E-state index in [0.29, 0.717) is 11.3 Å². The van der Waals surface area contributed by atoms with E-state index in [4.69, 9.17) is 15.9 Å². The van der Waals surface area contributed by atoms with Crippen molar-refractivity contribution < 1.29 is 4.74 Å². The van der Waals surface area contributed by atoms with Crippen LogP contribution in [0, 0.1) is 5.41 Å². The third-order valence-electron chi connectivity index (χ3n) is 3.92. The van der Waals surface area contributed by atoms with E-state index in [9.17, 15) is 0 Å². The molecule has 0 aliphatic heterocycles. The fourth-order valence-electron chi connectivity index (χ4n) is 2.08. The largest absolute Gasteiger partial charge is 0.457 e. The van der Waals surface area contributed by atoms with Crippen LogP contribution in [0.3, 0.4) is 0 Å². The van der Waals surface area contributed by atoms with Gasteiger partial charge in [-0.2, -0.15) is 0 Å². The maximum Gasteiger partial charge on any atom is 0.138 e. The van der Waals surface area contributed by atoms with Crippen molar-refractivity contribution in [1.29, 1.82) is 5.41 Å². The van der Waals surface area contributed by atoms with Gasteiger partial charge in [0.15, 0.2) is 0 Å². The zero-order chi connectivity index (χ0) is 15.5. The molecule has 0 fully saturated rings. The first kappa shape index (κ1) is 15.1. The number of ether oxygens (including phenoxy) is 1. The minimum Gasteiger partial charge on any atom is -0.457 e. The van der Waals surface area contributed by atoms with E-state index in [1.165, 1.54) is 5.56 Å². The molecule has 0 unspecified atom stereocenters. The van der Waals surface area contributed by atoms with Crippen molar-refractivity contribution in [2.75, 3.05) is 0 Å². The second kappa shape index (κ2) is 6.00. The van der Waals surface area contributed by atoms with Crippen molar-refractivity contribution >= 4 is 5.84 Å². The second-order valence-electron chi connectivity index (χ2n) is 5.77. The summed E-state index contributed by atoms with van der Waals surface area (Å²) in [5, 5.41) is 7.58. The Labute approximate surface area is 126 Å². The quantitative estimate of drug-likeness (QED) is 0.628. The molecule has 0 atom stereocenters. The molecule has 0 saturated carbocycles. The Bertz CT molecular complexity index is 630. The third-order valence-corrected chi connectivity index (χ3v) is 3.92. The van der Waals surface area contributed by atoms with E-state index in [-0.39, 0.29) is 11.3 Å². The number of benzene rings is 2. The van der Waals surface area contributed by atoms with E-state index in [1.807, 2.05) is 30.3 Å². The minimum atomic E-state index is 0.00864. The molecule has 21 heavy (non-hydrogen) atoms. The molecule has 0 bridgehead atoms. The zero-order valence-electron chi connectivity index (χ0n) is 12.8. The first-order valence-corrected chi connectivity index (χ1v) is 7.16. The van der Waals surface area contributed by atoms with Gasteiger partial charge >= 0.3 is 0 Å². The van der Waals surface area contributed by atoms with E-state index in [0.717, 1.165) is 12.2 Å². The second-order valence-corrected chi connectivity index (χ2v) is 5.77. The van der Waals surface area contributed by atoms with Crippen LogP contribution in [-0.2, 0) is 5.41 Å². The SMILES string of the molecule is CCC(C)(C)c1ccc(Oc2ccccc2C(=N)N)cc1. The van der Waals surface area contributed by atoms with Crippen LogP contribution in [0.1, 0.15) is 38.3 Å². The van der Waals surface area contributed by atoms with Crippen LogP contribution >= 0.6 is 0 Å². The Hall–Kier alpha value is -2.29. The van der Waals surface area contributed by atoms with Crippen LogP contribution in [-0.4, -0.2) is 5.84 Å². The number of nitrogens with one attached hydrogen (secondary N) is 1. The van der Waals surface area contributed by atoms with Gasteiger partial charge in [-0.1, -0.05) is 45.0 Å². The fraction of sp³-hybridized carbons (Fsp3) is 0.278. The van der Waals surface area contributed by atoms with Crippen molar-refractivity contribution in [2.24, 2.45) is 5.73 Å². The van der Waals surface area contributed by atoms with Gasteiger partial charge in [0.05, 0.1) is 5.56 Å². The summed E-state index contributed by atoms with van der Waals surface area (Å²) in [4.78, 5) is 0. The van der Waals surface area contributed by atoms with Crippen molar-refractivity contribution in [1.82, 2.24) is 0 Å². The molecule has 0 aliphatic carbocycles. The highest BCUT2D eigenvalue weighted by molar-refractivity contribution is 5.97. The fourth-order valence-corrected chi connectivity index (χ4v) is 2.08. The summed E-state index contributed by atoms with van der Waals surface area (Å²) in [5.74, 6) is 1.36. The Morgan fingerprint density at radius 3 is 2.29 bits per heavy atom. The summed E-state index contributed by atoms with van der Waals surface area (Å²) >= 11 is 0.